The van der Waals surface area contributed by atoms with Crippen LogP contribution in [-0.2, 0) is 17.6 Å². The van der Waals surface area contributed by atoms with Crippen LogP contribution in [0, 0.1) is 0 Å². The van der Waals surface area contributed by atoms with E-state index >= 15 is 0 Å². The largest absolute Gasteiger partial charge is 0.493 e. The van der Waals surface area contributed by atoms with Crippen molar-refractivity contribution in [3.8, 4) is 11.5 Å². The molecule has 1 fully saturated rings. The first-order valence-electron chi connectivity index (χ1n) is 10.6. The van der Waals surface area contributed by atoms with Crippen LogP contribution in [0.2, 0.25) is 0 Å². The number of aryl methyl sites for hydroxylation is 1. The highest BCUT2D eigenvalue weighted by atomic mass is 32.2. The molecule has 0 spiro atoms. The fraction of sp³-hybridized carbons (Fsp3) is 0.375. The number of unbranched alkanes of at least 4 members (excludes halogenated alkanes) is 1. The van der Waals surface area contributed by atoms with E-state index < -0.39 is 0 Å². The minimum atomic E-state index is -0.194. The zero-order chi connectivity index (χ0) is 22.1. The number of ether oxygens (including phenoxy) is 2. The summed E-state index contributed by atoms with van der Waals surface area (Å²) in [5.74, 6) is 1.30. The van der Waals surface area contributed by atoms with E-state index in [-0.39, 0.29) is 11.2 Å². The van der Waals surface area contributed by atoms with Crippen molar-refractivity contribution >= 4 is 29.1 Å². The second kappa shape index (κ2) is 11.6. The van der Waals surface area contributed by atoms with Gasteiger partial charge in [0.2, 0.25) is 5.91 Å². The molecule has 1 N–H and O–H groups in total. The maximum Gasteiger partial charge on any atom is 0.239 e. The molecule has 2 aromatic carbocycles. The van der Waals surface area contributed by atoms with Crippen LogP contribution in [0.25, 0.3) is 0 Å². The van der Waals surface area contributed by atoms with Crippen LogP contribution in [-0.4, -0.2) is 36.3 Å². The van der Waals surface area contributed by atoms with Gasteiger partial charge in [-0.3, -0.25) is 4.79 Å². The van der Waals surface area contributed by atoms with Gasteiger partial charge in [0.15, 0.2) is 16.7 Å². The fourth-order valence-electron chi connectivity index (χ4n) is 3.21. The summed E-state index contributed by atoms with van der Waals surface area (Å²) < 4.78 is 10.9. The van der Waals surface area contributed by atoms with Gasteiger partial charge >= 0.3 is 0 Å². The van der Waals surface area contributed by atoms with Crippen LogP contribution in [0.1, 0.15) is 43.4 Å². The van der Waals surface area contributed by atoms with Gasteiger partial charge in [-0.2, -0.15) is 5.10 Å². The van der Waals surface area contributed by atoms with E-state index in [2.05, 4.69) is 46.7 Å². The number of hydrogen-bond donors (Lipinski definition) is 1. The Balaban J connectivity index is 1.58. The summed E-state index contributed by atoms with van der Waals surface area (Å²) in [6.45, 7) is 4.69. The molecule has 0 aromatic heterocycles. The summed E-state index contributed by atoms with van der Waals surface area (Å²) in [5.41, 5.74) is 3.33. The number of thioether (sulfide) groups is 1. The van der Waals surface area contributed by atoms with Gasteiger partial charge in [-0.1, -0.05) is 49.4 Å². The third-order valence-corrected chi connectivity index (χ3v) is 5.95. The van der Waals surface area contributed by atoms with E-state index in [0.717, 1.165) is 17.5 Å². The van der Waals surface area contributed by atoms with Gasteiger partial charge in [-0.25, -0.2) is 0 Å². The van der Waals surface area contributed by atoms with E-state index in [1.165, 1.54) is 30.2 Å². The maximum absolute atomic E-state index is 12.3. The molecule has 0 radical (unpaired) electrons. The van der Waals surface area contributed by atoms with Crippen LogP contribution >= 0.6 is 11.8 Å². The molecule has 0 saturated carbocycles. The van der Waals surface area contributed by atoms with Crippen molar-refractivity contribution in [3.63, 3.8) is 0 Å². The summed E-state index contributed by atoms with van der Waals surface area (Å²) in [6.07, 6.45) is 5.79. The molecule has 6 nitrogen and oxygen atoms in total. The molecule has 164 valence electrons. The second-order valence-corrected chi connectivity index (χ2v) is 8.40. The molecule has 1 aliphatic rings. The number of nitrogens with zero attached hydrogens (tertiary/aromatic N) is 2. The number of carbonyl (C=O) groups is 1. The third-order valence-electron chi connectivity index (χ3n) is 4.88. The van der Waals surface area contributed by atoms with Gasteiger partial charge in [0.1, 0.15) is 0 Å². The quantitative estimate of drug-likeness (QED) is 0.434. The first-order valence-corrected chi connectivity index (χ1v) is 11.5. The molecule has 31 heavy (non-hydrogen) atoms. The molecule has 1 aliphatic heterocycles. The molecule has 2 aromatic rings. The molecule has 1 heterocycles. The highest BCUT2D eigenvalue weighted by Gasteiger charge is 2.30. The lowest BCUT2D eigenvalue weighted by Gasteiger charge is -2.09. The maximum atomic E-state index is 12.3. The molecule has 1 saturated heterocycles. The Bertz CT molecular complexity index is 942. The minimum absolute atomic E-state index is 0.0308. The Kier molecular flexibility index (Phi) is 8.53. The van der Waals surface area contributed by atoms with Crippen molar-refractivity contribution in [1.82, 2.24) is 5.32 Å². The van der Waals surface area contributed by atoms with Gasteiger partial charge in [0.05, 0.1) is 25.2 Å². The zero-order valence-electron chi connectivity index (χ0n) is 18.3. The molecule has 0 bridgehead atoms. The smallest absolute Gasteiger partial charge is 0.239 e. The van der Waals surface area contributed by atoms with Crippen molar-refractivity contribution < 1.29 is 14.3 Å². The van der Waals surface area contributed by atoms with Crippen molar-refractivity contribution in [2.24, 2.45) is 10.2 Å². The van der Waals surface area contributed by atoms with E-state index in [9.17, 15) is 4.79 Å². The highest BCUT2D eigenvalue weighted by molar-refractivity contribution is 8.15. The summed E-state index contributed by atoms with van der Waals surface area (Å²) in [6, 6.07) is 14.1. The van der Waals surface area contributed by atoms with E-state index in [4.69, 9.17) is 9.47 Å². The molecular formula is C24H29N3O3S. The Morgan fingerprint density at radius 1 is 1.10 bits per heavy atom. The lowest BCUT2D eigenvalue weighted by molar-refractivity contribution is -0.118. The Morgan fingerprint density at radius 3 is 2.58 bits per heavy atom. The number of rotatable bonds is 10. The predicted molar refractivity (Wildman–Crippen MR) is 127 cm³/mol. The number of benzene rings is 2. The van der Waals surface area contributed by atoms with Crippen LogP contribution in [0.4, 0.5) is 0 Å². The van der Waals surface area contributed by atoms with Crippen molar-refractivity contribution in [1.29, 1.82) is 0 Å². The average Bonchev–Trinajstić information content (AvgIpc) is 3.13. The van der Waals surface area contributed by atoms with Gasteiger partial charge < -0.3 is 14.8 Å². The third kappa shape index (κ3) is 6.59. The van der Waals surface area contributed by atoms with Crippen molar-refractivity contribution in [2.45, 2.75) is 44.8 Å². The second-order valence-electron chi connectivity index (χ2n) is 7.21. The minimum Gasteiger partial charge on any atom is -0.493 e. The topological polar surface area (TPSA) is 72.3 Å². The predicted octanol–water partition coefficient (Wildman–Crippen LogP) is 4.60. The summed E-state index contributed by atoms with van der Waals surface area (Å²) >= 11 is 1.41. The Labute approximate surface area is 188 Å². The number of amides is 1. The fourth-order valence-corrected chi connectivity index (χ4v) is 4.18. The number of nitrogens with one attached hydrogen (secondary N) is 1. The van der Waals surface area contributed by atoms with Crippen molar-refractivity contribution in [2.75, 3.05) is 13.7 Å². The monoisotopic (exact) mass is 439 g/mol. The van der Waals surface area contributed by atoms with Crippen LogP contribution in [0.5, 0.6) is 11.5 Å². The molecular weight excluding hydrogens is 410 g/mol. The Hall–Kier alpha value is -2.80. The molecule has 7 heteroatoms. The Morgan fingerprint density at radius 2 is 1.87 bits per heavy atom. The van der Waals surface area contributed by atoms with E-state index in [0.29, 0.717) is 29.7 Å². The standard InChI is InChI=1S/C24H29N3O3S/c1-4-6-7-17-8-10-18(11-9-17)15-22-23(28)26-24(31-22)27-25-16-19-12-13-20(30-5-2)21(14-19)29-3/h8-14,16,22H,4-7,15H2,1-3H3,(H,26,27,28)/b25-16+. The van der Waals surface area contributed by atoms with Gasteiger partial charge in [0.25, 0.3) is 0 Å². The summed E-state index contributed by atoms with van der Waals surface area (Å²) in [5, 5.41) is 11.4. The number of amidine groups is 1. The molecule has 1 amide bonds. The summed E-state index contributed by atoms with van der Waals surface area (Å²) in [4.78, 5) is 12.3. The molecule has 0 aliphatic carbocycles. The van der Waals surface area contributed by atoms with Gasteiger partial charge in [-0.05, 0) is 61.1 Å². The molecule has 1 atom stereocenters. The lowest BCUT2D eigenvalue weighted by atomic mass is 10.0. The van der Waals surface area contributed by atoms with Crippen molar-refractivity contribution in [3.05, 3.63) is 59.2 Å². The number of methoxy groups -OCH3 is 1. The molecule has 3 rings (SSSR count). The van der Waals surface area contributed by atoms with Gasteiger partial charge in [0, 0.05) is 0 Å². The summed E-state index contributed by atoms with van der Waals surface area (Å²) in [7, 11) is 1.60. The average molecular weight is 440 g/mol. The number of carbonyl (C=O) groups excluding carboxylic acids is 1. The first-order chi connectivity index (χ1) is 15.1. The highest BCUT2D eigenvalue weighted by Crippen LogP contribution is 2.27. The van der Waals surface area contributed by atoms with Gasteiger partial charge in [-0.15, -0.1) is 5.10 Å². The SMILES string of the molecule is CCCCc1ccc(CC2S/C(=N/N=C/c3ccc(OCC)c(OC)c3)NC2=O)cc1. The van der Waals surface area contributed by atoms with Crippen LogP contribution < -0.4 is 14.8 Å². The zero-order valence-corrected chi connectivity index (χ0v) is 19.1. The number of hydrogen-bond acceptors (Lipinski definition) is 6. The van der Waals surface area contributed by atoms with Crippen LogP contribution in [0.15, 0.2) is 52.7 Å². The molecule has 1 unspecified atom stereocenters. The first kappa shape index (κ1) is 22.9. The lowest BCUT2D eigenvalue weighted by Crippen LogP contribution is -2.25. The van der Waals surface area contributed by atoms with Crippen LogP contribution in [0.3, 0.4) is 0 Å². The normalized spacial score (nSPS) is 17.3. The van der Waals surface area contributed by atoms with E-state index in [1.54, 1.807) is 13.3 Å². The van der Waals surface area contributed by atoms with E-state index in [1.807, 2.05) is 25.1 Å².